The molecule has 3 atom stereocenters. The van der Waals surface area contributed by atoms with Crippen LogP contribution in [0.25, 0.3) is 0 Å². The van der Waals surface area contributed by atoms with Crippen LogP contribution >= 0.6 is 0 Å². The Morgan fingerprint density at radius 2 is 2.00 bits per heavy atom. The predicted molar refractivity (Wildman–Crippen MR) is 139 cm³/mol. The maximum absolute atomic E-state index is 13.6. The minimum atomic E-state index is -0.646. The number of β-amino-alcohol motifs (C(OH)–C–C–N with tert-alkyl or cyclic N) is 1. The Hall–Kier alpha value is -2.97. The van der Waals surface area contributed by atoms with Gasteiger partial charge in [0, 0.05) is 69.4 Å². The number of nitrogens with zero attached hydrogens (tertiary/aromatic N) is 3. The van der Waals surface area contributed by atoms with E-state index in [0.29, 0.717) is 24.5 Å². The second-order valence-electron chi connectivity index (χ2n) is 10.4. The summed E-state index contributed by atoms with van der Waals surface area (Å²) in [6.45, 7) is 6.86. The van der Waals surface area contributed by atoms with Crippen LogP contribution in [0.5, 0.6) is 0 Å². The molecule has 0 bridgehead atoms. The van der Waals surface area contributed by atoms with Crippen molar-refractivity contribution in [2.75, 3.05) is 31.5 Å². The number of aliphatic hydroxyl groups is 1. The number of aromatic nitrogens is 1. The van der Waals surface area contributed by atoms with Crippen molar-refractivity contribution in [3.63, 3.8) is 0 Å². The van der Waals surface area contributed by atoms with Gasteiger partial charge in [0.1, 0.15) is 5.82 Å². The highest BCUT2D eigenvalue weighted by atomic mass is 16.3. The third-order valence-electron chi connectivity index (χ3n) is 8.10. The van der Waals surface area contributed by atoms with E-state index >= 15 is 0 Å². The fourth-order valence-corrected chi connectivity index (χ4v) is 5.83. The average molecular weight is 492 g/mol. The summed E-state index contributed by atoms with van der Waals surface area (Å²) in [5.41, 5.74) is 4.21. The van der Waals surface area contributed by atoms with Crippen LogP contribution in [0, 0.1) is 0 Å². The zero-order chi connectivity index (χ0) is 25.2. The maximum Gasteiger partial charge on any atom is 0.254 e. The number of nitrogens with one attached hydrogen (secondary N) is 2. The first-order valence-electron chi connectivity index (χ1n) is 13.2. The predicted octanol–water partition coefficient (Wildman–Crippen LogP) is 2.53. The Bertz CT molecular complexity index is 1110. The van der Waals surface area contributed by atoms with Crippen LogP contribution in [0.15, 0.2) is 36.5 Å². The number of likely N-dealkylation sites (tertiary alicyclic amines) is 1. The fraction of sp³-hybridized carbons (Fsp3) is 0.536. The molecule has 1 fully saturated rings. The van der Waals surface area contributed by atoms with E-state index in [9.17, 15) is 14.7 Å². The average Bonchev–Trinajstić information content (AvgIpc) is 2.90. The normalized spacial score (nSPS) is 23.1. The Balaban J connectivity index is 1.27. The quantitative estimate of drug-likeness (QED) is 0.575. The highest BCUT2D eigenvalue weighted by Gasteiger charge is 2.34. The zero-order valence-electron chi connectivity index (χ0n) is 21.2. The molecule has 8 nitrogen and oxygen atoms in total. The van der Waals surface area contributed by atoms with Crippen LogP contribution < -0.4 is 10.6 Å². The van der Waals surface area contributed by atoms with Gasteiger partial charge in [-0.2, -0.15) is 0 Å². The van der Waals surface area contributed by atoms with Gasteiger partial charge in [-0.05, 0) is 48.4 Å². The summed E-state index contributed by atoms with van der Waals surface area (Å²) in [4.78, 5) is 33.5. The molecular formula is C28H37N5O3. The minimum Gasteiger partial charge on any atom is -0.390 e. The zero-order valence-corrected chi connectivity index (χ0v) is 21.2. The maximum atomic E-state index is 13.6. The number of fused-ring (bicyclic) bond motifs is 2. The monoisotopic (exact) mass is 491 g/mol. The van der Waals surface area contributed by atoms with Crippen LogP contribution in [-0.2, 0) is 17.8 Å². The molecule has 36 heavy (non-hydrogen) atoms. The van der Waals surface area contributed by atoms with Gasteiger partial charge >= 0.3 is 0 Å². The number of piperidine rings is 1. The van der Waals surface area contributed by atoms with E-state index in [1.165, 1.54) is 11.1 Å². The molecule has 5 rings (SSSR count). The summed E-state index contributed by atoms with van der Waals surface area (Å²) in [5, 5.41) is 18.0. The molecule has 0 unspecified atom stereocenters. The first-order valence-corrected chi connectivity index (χ1v) is 13.2. The lowest BCUT2D eigenvalue weighted by Gasteiger charge is -2.38. The number of hydrogen-bond donors (Lipinski definition) is 3. The number of aliphatic hydroxyl groups excluding tert-OH is 1. The SMILES string of the molecule is CC[C@@H]1CN(C[C@H](O)[C@@H]2Cc3ccccc3CN2)C(=O)c2cc(NC3CCN(C(C)=O)CC3)ncc21. The lowest BCUT2D eigenvalue weighted by molar-refractivity contribution is -0.129. The molecule has 1 aromatic carbocycles. The standard InChI is InChI=1S/C28H37N5O3/c1-3-19-16-33(17-26(35)25-12-20-6-4-5-7-21(20)14-29-25)28(36)23-13-27(30-15-24(19)23)31-22-8-10-32(11-9-22)18(2)34/h4-7,13,15,19,22,25-26,29,35H,3,8-12,14,16-17H2,1-2H3,(H,30,31)/t19-,25+,26+/m1/s1. The van der Waals surface area contributed by atoms with Crippen molar-refractivity contribution in [1.29, 1.82) is 0 Å². The van der Waals surface area contributed by atoms with Gasteiger partial charge in [-0.25, -0.2) is 4.98 Å². The van der Waals surface area contributed by atoms with E-state index in [-0.39, 0.29) is 29.8 Å². The number of rotatable bonds is 6. The highest BCUT2D eigenvalue weighted by molar-refractivity contribution is 5.97. The fourth-order valence-electron chi connectivity index (χ4n) is 5.83. The lowest BCUT2D eigenvalue weighted by Crippen LogP contribution is -2.52. The molecular weight excluding hydrogens is 454 g/mol. The van der Waals surface area contributed by atoms with Crippen molar-refractivity contribution in [3.05, 3.63) is 58.8 Å². The molecule has 0 aliphatic carbocycles. The van der Waals surface area contributed by atoms with Crippen LogP contribution in [0.2, 0.25) is 0 Å². The molecule has 0 saturated carbocycles. The van der Waals surface area contributed by atoms with Gasteiger partial charge in [0.15, 0.2) is 0 Å². The molecule has 3 aliphatic heterocycles. The van der Waals surface area contributed by atoms with Crippen molar-refractivity contribution >= 4 is 17.6 Å². The summed E-state index contributed by atoms with van der Waals surface area (Å²) in [6, 6.07) is 10.3. The summed E-state index contributed by atoms with van der Waals surface area (Å²) < 4.78 is 0. The van der Waals surface area contributed by atoms with Crippen molar-refractivity contribution < 1.29 is 14.7 Å². The van der Waals surface area contributed by atoms with Gasteiger partial charge < -0.3 is 25.5 Å². The number of pyridine rings is 1. The number of hydrogen-bond acceptors (Lipinski definition) is 6. The van der Waals surface area contributed by atoms with Crippen molar-refractivity contribution in [2.45, 2.75) is 70.2 Å². The first kappa shape index (κ1) is 24.7. The number of carbonyl (C=O) groups excluding carboxylic acids is 2. The van der Waals surface area contributed by atoms with E-state index in [1.807, 2.05) is 34.2 Å². The molecule has 2 amide bonds. The highest BCUT2D eigenvalue weighted by Crippen LogP contribution is 2.32. The Morgan fingerprint density at radius 1 is 1.25 bits per heavy atom. The largest absolute Gasteiger partial charge is 0.390 e. The van der Waals surface area contributed by atoms with Crippen LogP contribution in [-0.4, -0.2) is 76.1 Å². The summed E-state index contributed by atoms with van der Waals surface area (Å²) >= 11 is 0. The third kappa shape index (κ3) is 5.11. The number of anilines is 1. The van der Waals surface area contributed by atoms with Crippen LogP contribution in [0.3, 0.4) is 0 Å². The van der Waals surface area contributed by atoms with Crippen molar-refractivity contribution in [1.82, 2.24) is 20.1 Å². The van der Waals surface area contributed by atoms with E-state index in [2.05, 4.69) is 34.7 Å². The Morgan fingerprint density at radius 3 is 2.72 bits per heavy atom. The van der Waals surface area contributed by atoms with Gasteiger partial charge in [0.2, 0.25) is 5.91 Å². The first-order chi connectivity index (χ1) is 17.4. The van der Waals surface area contributed by atoms with Gasteiger partial charge in [0.05, 0.1) is 6.10 Å². The summed E-state index contributed by atoms with van der Waals surface area (Å²) in [5.74, 6) is 0.977. The van der Waals surface area contributed by atoms with E-state index in [0.717, 1.165) is 50.9 Å². The molecule has 3 aliphatic rings. The number of carbonyl (C=O) groups is 2. The summed E-state index contributed by atoms with van der Waals surface area (Å²) in [6.07, 6.45) is 4.58. The van der Waals surface area contributed by atoms with Gasteiger partial charge in [-0.3, -0.25) is 9.59 Å². The molecule has 8 heteroatoms. The van der Waals surface area contributed by atoms with Crippen molar-refractivity contribution in [3.8, 4) is 0 Å². The Kier molecular flexibility index (Phi) is 7.25. The second-order valence-corrected chi connectivity index (χ2v) is 10.4. The van der Waals surface area contributed by atoms with E-state index in [1.54, 1.807) is 6.92 Å². The van der Waals surface area contributed by atoms with Gasteiger partial charge in [-0.15, -0.1) is 0 Å². The van der Waals surface area contributed by atoms with Gasteiger partial charge in [0.25, 0.3) is 5.91 Å². The molecule has 2 aromatic rings. The van der Waals surface area contributed by atoms with Crippen LogP contribution in [0.4, 0.5) is 5.82 Å². The molecule has 192 valence electrons. The van der Waals surface area contributed by atoms with E-state index in [4.69, 9.17) is 0 Å². The van der Waals surface area contributed by atoms with Gasteiger partial charge in [-0.1, -0.05) is 31.2 Å². The number of benzene rings is 1. The molecule has 3 N–H and O–H groups in total. The minimum absolute atomic E-state index is 0.0400. The van der Waals surface area contributed by atoms with Crippen LogP contribution in [0.1, 0.15) is 66.1 Å². The summed E-state index contributed by atoms with van der Waals surface area (Å²) in [7, 11) is 0. The smallest absolute Gasteiger partial charge is 0.254 e. The molecule has 4 heterocycles. The van der Waals surface area contributed by atoms with Crippen molar-refractivity contribution in [2.24, 2.45) is 0 Å². The third-order valence-corrected chi connectivity index (χ3v) is 8.10. The second kappa shape index (κ2) is 10.6. The molecule has 0 spiro atoms. The molecule has 0 radical (unpaired) electrons. The number of amides is 2. The van der Waals surface area contributed by atoms with E-state index < -0.39 is 6.10 Å². The molecule has 1 aromatic heterocycles. The topological polar surface area (TPSA) is 97.8 Å². The Labute approximate surface area is 213 Å². The molecule has 1 saturated heterocycles. The lowest BCUT2D eigenvalue weighted by atomic mass is 9.88.